The SMILES string of the molecule is CC(C)(C)NC(=O)[C@@H](Cc1ccccc1)N(Cc1ccccc1F)C(=O)CCCN(c1ccc2c(c1)OCCO2)S(C)(=O)=O. The van der Waals surface area contributed by atoms with Gasteiger partial charge in [-0.15, -0.1) is 0 Å². The first kappa shape index (κ1) is 32.8. The summed E-state index contributed by atoms with van der Waals surface area (Å²) < 4.78 is 52.8. The van der Waals surface area contributed by atoms with Crippen LogP contribution in [0.3, 0.4) is 0 Å². The van der Waals surface area contributed by atoms with Crippen molar-refractivity contribution < 1.29 is 31.9 Å². The van der Waals surface area contributed by atoms with Gasteiger partial charge in [0.2, 0.25) is 21.8 Å². The molecule has 0 aromatic heterocycles. The van der Waals surface area contributed by atoms with Crippen LogP contribution in [0.2, 0.25) is 0 Å². The molecule has 0 unspecified atom stereocenters. The number of fused-ring (bicyclic) bond motifs is 1. The summed E-state index contributed by atoms with van der Waals surface area (Å²) in [6.45, 7) is 6.20. The van der Waals surface area contributed by atoms with Crippen molar-refractivity contribution in [3.05, 3.63) is 89.7 Å². The molecule has 1 atom stereocenters. The molecule has 9 nitrogen and oxygen atoms in total. The van der Waals surface area contributed by atoms with E-state index >= 15 is 0 Å². The van der Waals surface area contributed by atoms with Crippen molar-refractivity contribution in [2.24, 2.45) is 0 Å². The van der Waals surface area contributed by atoms with E-state index in [1.165, 1.54) is 15.3 Å². The first-order chi connectivity index (χ1) is 20.8. The van der Waals surface area contributed by atoms with Gasteiger partial charge in [-0.3, -0.25) is 13.9 Å². The minimum atomic E-state index is -3.71. The molecule has 3 aromatic rings. The van der Waals surface area contributed by atoms with E-state index in [0.717, 1.165) is 11.8 Å². The molecule has 0 radical (unpaired) electrons. The minimum Gasteiger partial charge on any atom is -0.486 e. The van der Waals surface area contributed by atoms with Crippen molar-refractivity contribution in [3.8, 4) is 11.5 Å². The predicted octanol–water partition coefficient (Wildman–Crippen LogP) is 4.70. The van der Waals surface area contributed by atoms with Gasteiger partial charge in [0.05, 0.1) is 11.9 Å². The number of rotatable bonds is 12. The highest BCUT2D eigenvalue weighted by Gasteiger charge is 2.33. The number of halogens is 1. The highest BCUT2D eigenvalue weighted by atomic mass is 32.2. The van der Waals surface area contributed by atoms with E-state index in [4.69, 9.17) is 9.47 Å². The molecule has 0 bridgehead atoms. The monoisotopic (exact) mass is 625 g/mol. The van der Waals surface area contributed by atoms with Crippen LogP contribution in [0.4, 0.5) is 10.1 Å². The van der Waals surface area contributed by atoms with Crippen LogP contribution in [0.15, 0.2) is 72.8 Å². The number of nitrogens with zero attached hydrogens (tertiary/aromatic N) is 2. The molecule has 1 aliphatic heterocycles. The fraction of sp³-hybridized carbons (Fsp3) is 0.394. The van der Waals surface area contributed by atoms with E-state index in [2.05, 4.69) is 5.32 Å². The molecule has 3 aromatic carbocycles. The van der Waals surface area contributed by atoms with Gasteiger partial charge in [-0.2, -0.15) is 0 Å². The summed E-state index contributed by atoms with van der Waals surface area (Å²) in [6.07, 6.45) is 1.41. The number of ether oxygens (including phenoxy) is 2. The number of nitrogens with one attached hydrogen (secondary N) is 1. The highest BCUT2D eigenvalue weighted by molar-refractivity contribution is 7.92. The molecular weight excluding hydrogens is 585 g/mol. The van der Waals surface area contributed by atoms with Crippen LogP contribution in [0, 0.1) is 5.82 Å². The van der Waals surface area contributed by atoms with Crippen molar-refractivity contribution >= 4 is 27.5 Å². The average molecular weight is 626 g/mol. The van der Waals surface area contributed by atoms with Gasteiger partial charge in [0.25, 0.3) is 0 Å². The Balaban J connectivity index is 1.60. The maximum atomic E-state index is 14.8. The lowest BCUT2D eigenvalue weighted by molar-refractivity contribution is -0.142. The van der Waals surface area contributed by atoms with Gasteiger partial charge < -0.3 is 19.7 Å². The molecule has 1 heterocycles. The molecule has 4 rings (SSSR count). The molecule has 0 fully saturated rings. The number of hydrogen-bond donors (Lipinski definition) is 1. The molecule has 0 spiro atoms. The number of carbonyl (C=O) groups excluding carboxylic acids is 2. The topological polar surface area (TPSA) is 105 Å². The Morgan fingerprint density at radius 3 is 2.27 bits per heavy atom. The van der Waals surface area contributed by atoms with Gasteiger partial charge in [0.15, 0.2) is 11.5 Å². The standard InChI is InChI=1S/C33H40FN3O6S/c1-33(2,3)35-32(39)28(21-24-11-6-5-7-12-24)36(23-25-13-8-9-14-27(25)34)31(38)15-10-18-37(44(4,40)41)26-16-17-29-30(22-26)43-20-19-42-29/h5-9,11-14,16-17,22,28H,10,15,18-21,23H2,1-4H3,(H,35,39)/t28-/m1/s1. The smallest absolute Gasteiger partial charge is 0.243 e. The maximum absolute atomic E-state index is 14.8. The molecule has 0 saturated heterocycles. The zero-order valence-electron chi connectivity index (χ0n) is 25.6. The van der Waals surface area contributed by atoms with Crippen LogP contribution in [0.25, 0.3) is 0 Å². The molecule has 44 heavy (non-hydrogen) atoms. The minimum absolute atomic E-state index is 0.00922. The van der Waals surface area contributed by atoms with Crippen LogP contribution in [-0.2, 0) is 32.6 Å². The largest absolute Gasteiger partial charge is 0.486 e. The lowest BCUT2D eigenvalue weighted by Crippen LogP contribution is -2.54. The van der Waals surface area contributed by atoms with E-state index in [1.54, 1.807) is 36.4 Å². The number of benzene rings is 3. The number of carbonyl (C=O) groups is 2. The lowest BCUT2D eigenvalue weighted by Gasteiger charge is -2.34. The van der Waals surface area contributed by atoms with Crippen molar-refractivity contribution in [3.63, 3.8) is 0 Å². The predicted molar refractivity (Wildman–Crippen MR) is 168 cm³/mol. The number of anilines is 1. The third-order valence-electron chi connectivity index (χ3n) is 7.03. The van der Waals surface area contributed by atoms with Gasteiger partial charge in [-0.05, 0) is 51.0 Å². The third-order valence-corrected chi connectivity index (χ3v) is 8.23. The quantitative estimate of drug-likeness (QED) is 0.313. The molecule has 2 amide bonds. The lowest BCUT2D eigenvalue weighted by atomic mass is 10.00. The maximum Gasteiger partial charge on any atom is 0.243 e. The first-order valence-electron chi connectivity index (χ1n) is 14.6. The Morgan fingerprint density at radius 2 is 1.61 bits per heavy atom. The molecule has 236 valence electrons. The zero-order chi connectivity index (χ0) is 31.9. The average Bonchev–Trinajstić information content (AvgIpc) is 2.96. The summed E-state index contributed by atoms with van der Waals surface area (Å²) in [6, 6.07) is 19.4. The second-order valence-electron chi connectivity index (χ2n) is 11.8. The first-order valence-corrected chi connectivity index (χ1v) is 16.4. The van der Waals surface area contributed by atoms with Crippen LogP contribution in [-0.4, -0.2) is 62.7 Å². The Labute approximate surface area is 259 Å². The molecule has 11 heteroatoms. The second-order valence-corrected chi connectivity index (χ2v) is 13.7. The molecule has 0 aliphatic carbocycles. The molecule has 0 saturated carbocycles. The number of amides is 2. The van der Waals surface area contributed by atoms with Crippen molar-refractivity contribution in [2.45, 2.75) is 58.2 Å². The Bertz CT molecular complexity index is 1560. The van der Waals surface area contributed by atoms with Gasteiger partial charge >= 0.3 is 0 Å². The van der Waals surface area contributed by atoms with E-state index in [-0.39, 0.29) is 43.8 Å². The van der Waals surface area contributed by atoms with Gasteiger partial charge in [0, 0.05) is 43.1 Å². The van der Waals surface area contributed by atoms with Gasteiger partial charge in [0.1, 0.15) is 25.1 Å². The van der Waals surface area contributed by atoms with Gasteiger partial charge in [-0.25, -0.2) is 12.8 Å². The van der Waals surface area contributed by atoms with Gasteiger partial charge in [-0.1, -0.05) is 48.5 Å². The summed E-state index contributed by atoms with van der Waals surface area (Å²) in [4.78, 5) is 29.0. The Hall–Kier alpha value is -4.12. The fourth-order valence-electron chi connectivity index (χ4n) is 5.01. The summed E-state index contributed by atoms with van der Waals surface area (Å²) in [5.41, 5.74) is 0.934. The highest BCUT2D eigenvalue weighted by Crippen LogP contribution is 2.35. The van der Waals surface area contributed by atoms with Crippen LogP contribution < -0.4 is 19.1 Å². The van der Waals surface area contributed by atoms with E-state index in [0.29, 0.717) is 30.4 Å². The summed E-state index contributed by atoms with van der Waals surface area (Å²) >= 11 is 0. The summed E-state index contributed by atoms with van der Waals surface area (Å²) in [5, 5.41) is 2.98. The number of sulfonamides is 1. The van der Waals surface area contributed by atoms with Crippen LogP contribution in [0.1, 0.15) is 44.7 Å². The van der Waals surface area contributed by atoms with Crippen molar-refractivity contribution in [1.29, 1.82) is 0 Å². The molecular formula is C33H40FN3O6S. The van der Waals surface area contributed by atoms with Crippen molar-refractivity contribution in [2.75, 3.05) is 30.3 Å². The zero-order valence-corrected chi connectivity index (χ0v) is 26.4. The molecule has 1 aliphatic rings. The normalized spacial score (nSPS) is 13.6. The summed E-state index contributed by atoms with van der Waals surface area (Å²) in [5.74, 6) is -0.260. The second kappa shape index (κ2) is 14.1. The Morgan fingerprint density at radius 1 is 0.955 bits per heavy atom. The van der Waals surface area contributed by atoms with E-state index in [9.17, 15) is 22.4 Å². The van der Waals surface area contributed by atoms with Crippen molar-refractivity contribution in [1.82, 2.24) is 10.2 Å². The van der Waals surface area contributed by atoms with E-state index in [1.807, 2.05) is 51.1 Å². The summed E-state index contributed by atoms with van der Waals surface area (Å²) in [7, 11) is -3.71. The molecule has 1 N–H and O–H groups in total. The van der Waals surface area contributed by atoms with Crippen LogP contribution in [0.5, 0.6) is 11.5 Å². The van der Waals surface area contributed by atoms with Crippen LogP contribution >= 0.6 is 0 Å². The Kier molecular flexibility index (Phi) is 10.5. The third kappa shape index (κ3) is 8.95. The number of hydrogen-bond acceptors (Lipinski definition) is 6. The fourth-order valence-corrected chi connectivity index (χ4v) is 5.97. The van der Waals surface area contributed by atoms with E-state index < -0.39 is 33.3 Å².